The maximum atomic E-state index is 12.6. The monoisotopic (exact) mass is 299 g/mol. The van der Waals surface area contributed by atoms with Crippen LogP contribution < -0.4 is 5.56 Å². The molecule has 0 spiro atoms. The molecule has 0 bridgehead atoms. The van der Waals surface area contributed by atoms with Gasteiger partial charge in [0, 0.05) is 24.9 Å². The molecule has 21 heavy (non-hydrogen) atoms. The van der Waals surface area contributed by atoms with E-state index in [1.54, 1.807) is 16.8 Å². The molecule has 0 aliphatic carbocycles. The number of rotatable bonds is 4. The molecule has 3 aromatic rings. The Labute approximate surface area is 127 Å². The van der Waals surface area contributed by atoms with Crippen LogP contribution in [0.3, 0.4) is 0 Å². The molecule has 0 unspecified atom stereocenters. The Hall–Kier alpha value is -2.20. The van der Waals surface area contributed by atoms with E-state index in [1.807, 2.05) is 36.4 Å². The smallest absolute Gasteiger partial charge is 0.261 e. The Balaban J connectivity index is 2.01. The van der Waals surface area contributed by atoms with Crippen LogP contribution in [0.1, 0.15) is 11.5 Å². The second-order valence-electron chi connectivity index (χ2n) is 4.71. The number of fused-ring (bicyclic) bond motifs is 1. The summed E-state index contributed by atoms with van der Waals surface area (Å²) in [6.45, 7) is 0.524. The molecule has 0 fully saturated rings. The van der Waals surface area contributed by atoms with Gasteiger partial charge in [-0.3, -0.25) is 14.3 Å². The standard InChI is InChI=1S/C16H14ClN3O/c17-11-15-19-14-7-2-1-6-13(14)16(21)20(15)10-8-12-5-3-4-9-18-12/h1-7,9H,8,10-11H2. The summed E-state index contributed by atoms with van der Waals surface area (Å²) in [7, 11) is 0. The number of aromatic nitrogens is 3. The van der Waals surface area contributed by atoms with Gasteiger partial charge in [-0.15, -0.1) is 11.6 Å². The highest BCUT2D eigenvalue weighted by Crippen LogP contribution is 2.10. The lowest BCUT2D eigenvalue weighted by molar-refractivity contribution is 0.627. The van der Waals surface area contributed by atoms with E-state index in [0.29, 0.717) is 29.7 Å². The van der Waals surface area contributed by atoms with Crippen molar-refractivity contribution in [3.05, 3.63) is 70.5 Å². The quantitative estimate of drug-likeness (QED) is 0.696. The first-order chi connectivity index (χ1) is 10.3. The summed E-state index contributed by atoms with van der Waals surface area (Å²) in [5.41, 5.74) is 1.58. The van der Waals surface area contributed by atoms with Gasteiger partial charge in [-0.05, 0) is 24.3 Å². The lowest BCUT2D eigenvalue weighted by Crippen LogP contribution is -2.26. The summed E-state index contributed by atoms with van der Waals surface area (Å²) < 4.78 is 1.64. The average Bonchev–Trinajstić information content (AvgIpc) is 2.55. The topological polar surface area (TPSA) is 47.8 Å². The SMILES string of the molecule is O=c1c2ccccc2nc(CCl)n1CCc1ccccn1. The Bertz CT molecular complexity index is 815. The van der Waals surface area contributed by atoms with Crippen molar-refractivity contribution in [2.24, 2.45) is 0 Å². The minimum Gasteiger partial charge on any atom is -0.295 e. The summed E-state index contributed by atoms with van der Waals surface area (Å²) >= 11 is 5.95. The zero-order valence-electron chi connectivity index (χ0n) is 11.4. The van der Waals surface area contributed by atoms with E-state index in [2.05, 4.69) is 9.97 Å². The average molecular weight is 300 g/mol. The second kappa shape index (κ2) is 6.06. The molecule has 0 aliphatic rings. The number of hydrogen-bond acceptors (Lipinski definition) is 3. The lowest BCUT2D eigenvalue weighted by Gasteiger charge is -2.11. The van der Waals surface area contributed by atoms with E-state index in [1.165, 1.54) is 0 Å². The van der Waals surface area contributed by atoms with E-state index in [-0.39, 0.29) is 11.4 Å². The molecule has 2 aromatic heterocycles. The molecule has 0 amide bonds. The maximum Gasteiger partial charge on any atom is 0.261 e. The third-order valence-electron chi connectivity index (χ3n) is 3.38. The number of nitrogens with zero attached hydrogens (tertiary/aromatic N) is 3. The summed E-state index contributed by atoms with van der Waals surface area (Å²) in [5.74, 6) is 0.804. The van der Waals surface area contributed by atoms with E-state index >= 15 is 0 Å². The molecule has 0 saturated carbocycles. The van der Waals surface area contributed by atoms with Crippen LogP contribution in [0.2, 0.25) is 0 Å². The number of alkyl halides is 1. The summed E-state index contributed by atoms with van der Waals surface area (Å²) in [4.78, 5) is 21.3. The summed E-state index contributed by atoms with van der Waals surface area (Å²) in [5, 5.41) is 0.618. The van der Waals surface area contributed by atoms with Crippen LogP contribution in [-0.2, 0) is 18.8 Å². The molecule has 1 aromatic carbocycles. The molecular formula is C16H14ClN3O. The minimum atomic E-state index is -0.0489. The van der Waals surface area contributed by atoms with Gasteiger partial charge in [0.15, 0.2) is 0 Å². The molecule has 0 aliphatic heterocycles. The number of pyridine rings is 1. The van der Waals surface area contributed by atoms with Gasteiger partial charge >= 0.3 is 0 Å². The van der Waals surface area contributed by atoms with Crippen molar-refractivity contribution in [3.8, 4) is 0 Å². The fourth-order valence-corrected chi connectivity index (χ4v) is 2.52. The Morgan fingerprint density at radius 1 is 1.10 bits per heavy atom. The van der Waals surface area contributed by atoms with Gasteiger partial charge in [0.2, 0.25) is 0 Å². The largest absolute Gasteiger partial charge is 0.295 e. The zero-order valence-corrected chi connectivity index (χ0v) is 12.1. The van der Waals surface area contributed by atoms with E-state index in [4.69, 9.17) is 11.6 Å². The molecule has 5 heteroatoms. The fourth-order valence-electron chi connectivity index (χ4n) is 2.32. The molecular weight excluding hydrogens is 286 g/mol. The number of aryl methyl sites for hydroxylation is 1. The Morgan fingerprint density at radius 2 is 1.90 bits per heavy atom. The number of hydrogen-bond donors (Lipinski definition) is 0. The fraction of sp³-hybridized carbons (Fsp3) is 0.188. The second-order valence-corrected chi connectivity index (χ2v) is 4.97. The number of halogens is 1. The highest BCUT2D eigenvalue weighted by Gasteiger charge is 2.10. The minimum absolute atomic E-state index is 0.0489. The molecule has 2 heterocycles. The van der Waals surface area contributed by atoms with Gasteiger partial charge in [-0.25, -0.2) is 4.98 Å². The van der Waals surface area contributed by atoms with Gasteiger partial charge in [-0.2, -0.15) is 0 Å². The van der Waals surface area contributed by atoms with Crippen molar-refractivity contribution < 1.29 is 0 Å². The van der Waals surface area contributed by atoms with Crippen LogP contribution in [0.25, 0.3) is 10.9 Å². The highest BCUT2D eigenvalue weighted by atomic mass is 35.5. The van der Waals surface area contributed by atoms with Crippen molar-refractivity contribution in [3.63, 3.8) is 0 Å². The molecule has 0 N–H and O–H groups in total. The predicted molar refractivity (Wildman–Crippen MR) is 83.5 cm³/mol. The molecule has 0 saturated heterocycles. The first kappa shape index (κ1) is 13.8. The predicted octanol–water partition coefficient (Wildman–Crippen LogP) is 2.77. The first-order valence-electron chi connectivity index (χ1n) is 6.74. The Kier molecular flexibility index (Phi) is 3.97. The third kappa shape index (κ3) is 2.81. The molecule has 0 atom stereocenters. The van der Waals surface area contributed by atoms with Crippen molar-refractivity contribution in [1.29, 1.82) is 0 Å². The van der Waals surface area contributed by atoms with Crippen LogP contribution in [0.4, 0.5) is 0 Å². The lowest BCUT2D eigenvalue weighted by atomic mass is 10.2. The van der Waals surface area contributed by atoms with Crippen molar-refractivity contribution in [2.45, 2.75) is 18.8 Å². The highest BCUT2D eigenvalue weighted by molar-refractivity contribution is 6.16. The van der Waals surface area contributed by atoms with Crippen molar-refractivity contribution in [2.75, 3.05) is 0 Å². The Morgan fingerprint density at radius 3 is 2.67 bits per heavy atom. The van der Waals surface area contributed by atoms with Crippen LogP contribution in [0.5, 0.6) is 0 Å². The van der Waals surface area contributed by atoms with E-state index < -0.39 is 0 Å². The normalized spacial score (nSPS) is 10.9. The van der Waals surface area contributed by atoms with Crippen LogP contribution in [0, 0.1) is 0 Å². The summed E-state index contributed by atoms with van der Waals surface area (Å²) in [6.07, 6.45) is 2.42. The maximum absolute atomic E-state index is 12.6. The van der Waals surface area contributed by atoms with Crippen molar-refractivity contribution in [1.82, 2.24) is 14.5 Å². The van der Waals surface area contributed by atoms with Gasteiger partial charge in [0.25, 0.3) is 5.56 Å². The molecule has 0 radical (unpaired) electrons. The van der Waals surface area contributed by atoms with Crippen LogP contribution in [0.15, 0.2) is 53.5 Å². The number of benzene rings is 1. The van der Waals surface area contributed by atoms with Crippen molar-refractivity contribution >= 4 is 22.5 Å². The molecule has 106 valence electrons. The van der Waals surface area contributed by atoms with Gasteiger partial charge in [0.05, 0.1) is 16.8 Å². The zero-order chi connectivity index (χ0) is 14.7. The third-order valence-corrected chi connectivity index (χ3v) is 3.62. The molecule has 3 rings (SSSR count). The van der Waals surface area contributed by atoms with Crippen LogP contribution in [-0.4, -0.2) is 14.5 Å². The van der Waals surface area contributed by atoms with Crippen LogP contribution >= 0.6 is 11.6 Å². The number of para-hydroxylation sites is 1. The van der Waals surface area contributed by atoms with Gasteiger partial charge in [-0.1, -0.05) is 18.2 Å². The van der Waals surface area contributed by atoms with E-state index in [0.717, 1.165) is 5.69 Å². The van der Waals surface area contributed by atoms with E-state index in [9.17, 15) is 4.79 Å². The van der Waals surface area contributed by atoms with Gasteiger partial charge in [0.1, 0.15) is 5.82 Å². The van der Waals surface area contributed by atoms with Gasteiger partial charge < -0.3 is 0 Å². The first-order valence-corrected chi connectivity index (χ1v) is 7.27. The molecule has 4 nitrogen and oxygen atoms in total. The summed E-state index contributed by atoms with van der Waals surface area (Å²) in [6, 6.07) is 13.1.